The van der Waals surface area contributed by atoms with Gasteiger partial charge in [-0.3, -0.25) is 4.79 Å². The van der Waals surface area contributed by atoms with Crippen LogP contribution in [0.5, 0.6) is 0 Å². The molecule has 26 heavy (non-hydrogen) atoms. The molecule has 4 rings (SSSR count). The monoisotopic (exact) mass is 419 g/mol. The Morgan fingerprint density at radius 2 is 1.65 bits per heavy atom. The molecule has 1 aliphatic rings. The number of carbonyl (C=O) groups is 1. The van der Waals surface area contributed by atoms with E-state index in [0.717, 1.165) is 38.6 Å². The molecule has 2 nitrogen and oxygen atoms in total. The van der Waals surface area contributed by atoms with Gasteiger partial charge in [-0.05, 0) is 34.7 Å². The number of nitrogens with one attached hydrogen (secondary N) is 1. The van der Waals surface area contributed by atoms with Crippen LogP contribution in [0.2, 0.25) is 0 Å². The summed E-state index contributed by atoms with van der Waals surface area (Å²) in [6.45, 7) is 0. The van der Waals surface area contributed by atoms with Crippen LogP contribution >= 0.6 is 15.9 Å². The van der Waals surface area contributed by atoms with Gasteiger partial charge in [0.1, 0.15) is 0 Å². The van der Waals surface area contributed by atoms with E-state index >= 15 is 0 Å². The quantitative estimate of drug-likeness (QED) is 0.507. The maximum absolute atomic E-state index is 12.8. The summed E-state index contributed by atoms with van der Waals surface area (Å²) < 4.78 is 39.3. The molecule has 0 fully saturated rings. The van der Waals surface area contributed by atoms with Gasteiger partial charge in [0.25, 0.3) is 0 Å². The van der Waals surface area contributed by atoms with E-state index in [1.807, 2.05) is 30.3 Å². The molecule has 1 N–H and O–H groups in total. The third kappa shape index (κ3) is 2.88. The average Bonchev–Trinajstić information content (AvgIpc) is 2.62. The van der Waals surface area contributed by atoms with Crippen molar-refractivity contribution in [3.05, 3.63) is 75.8 Å². The Bertz CT molecular complexity index is 1010. The minimum absolute atomic E-state index is 0.144. The van der Waals surface area contributed by atoms with Crippen molar-refractivity contribution in [2.45, 2.75) is 18.5 Å². The molecule has 0 saturated carbocycles. The van der Waals surface area contributed by atoms with Gasteiger partial charge in [0.2, 0.25) is 5.91 Å². The zero-order valence-corrected chi connectivity index (χ0v) is 15.0. The van der Waals surface area contributed by atoms with E-state index in [1.54, 1.807) is 0 Å². The minimum atomic E-state index is -4.38. The van der Waals surface area contributed by atoms with Crippen LogP contribution in [0.25, 0.3) is 10.8 Å². The van der Waals surface area contributed by atoms with Gasteiger partial charge in [-0.2, -0.15) is 13.2 Å². The first kappa shape index (κ1) is 17.1. The Morgan fingerprint density at radius 3 is 2.31 bits per heavy atom. The number of benzene rings is 3. The van der Waals surface area contributed by atoms with Crippen LogP contribution in [0.3, 0.4) is 0 Å². The highest BCUT2D eigenvalue weighted by molar-refractivity contribution is 9.10. The van der Waals surface area contributed by atoms with Crippen molar-refractivity contribution in [2.24, 2.45) is 0 Å². The van der Waals surface area contributed by atoms with Crippen molar-refractivity contribution in [2.75, 3.05) is 5.32 Å². The highest BCUT2D eigenvalue weighted by atomic mass is 79.9. The molecule has 0 radical (unpaired) electrons. The number of hydrogen-bond acceptors (Lipinski definition) is 1. The maximum Gasteiger partial charge on any atom is 0.416 e. The summed E-state index contributed by atoms with van der Waals surface area (Å²) in [5.41, 5.74) is 1.62. The molecule has 132 valence electrons. The highest BCUT2D eigenvalue weighted by Crippen LogP contribution is 2.44. The topological polar surface area (TPSA) is 29.1 Å². The van der Waals surface area contributed by atoms with E-state index in [1.165, 1.54) is 12.1 Å². The first-order valence-electron chi connectivity index (χ1n) is 8.03. The molecule has 1 amide bonds. The van der Waals surface area contributed by atoms with Crippen molar-refractivity contribution >= 4 is 38.3 Å². The van der Waals surface area contributed by atoms with Gasteiger partial charge >= 0.3 is 6.18 Å². The largest absolute Gasteiger partial charge is 0.416 e. The van der Waals surface area contributed by atoms with Crippen LogP contribution in [0.4, 0.5) is 18.9 Å². The molecule has 1 atom stereocenters. The molecule has 3 aromatic rings. The summed E-state index contributed by atoms with van der Waals surface area (Å²) in [7, 11) is 0. The molecule has 0 saturated heterocycles. The van der Waals surface area contributed by atoms with E-state index in [0.29, 0.717) is 5.56 Å². The van der Waals surface area contributed by atoms with E-state index in [2.05, 4.69) is 21.2 Å². The summed E-state index contributed by atoms with van der Waals surface area (Å²) in [5, 5.41) is 4.80. The Morgan fingerprint density at radius 1 is 1.00 bits per heavy atom. The molecule has 6 heteroatoms. The normalized spacial score (nSPS) is 17.1. The Labute approximate surface area is 156 Å². The average molecular weight is 420 g/mol. The zero-order valence-electron chi connectivity index (χ0n) is 13.4. The molecule has 0 bridgehead atoms. The Balaban J connectivity index is 1.86. The zero-order chi connectivity index (χ0) is 18.5. The second-order valence-electron chi connectivity index (χ2n) is 6.29. The summed E-state index contributed by atoms with van der Waals surface area (Å²) in [5.74, 6) is -0.434. The van der Waals surface area contributed by atoms with Gasteiger partial charge in [0, 0.05) is 22.2 Å². The second-order valence-corrected chi connectivity index (χ2v) is 7.15. The first-order chi connectivity index (χ1) is 12.3. The molecule has 0 aromatic heterocycles. The maximum atomic E-state index is 12.8. The predicted molar refractivity (Wildman–Crippen MR) is 98.2 cm³/mol. The first-order valence-corrected chi connectivity index (χ1v) is 8.82. The number of rotatable bonds is 1. The minimum Gasteiger partial charge on any atom is -0.325 e. The number of anilines is 1. The fourth-order valence-corrected chi connectivity index (χ4v) is 4.05. The van der Waals surface area contributed by atoms with Crippen LogP contribution in [0.15, 0.2) is 59.1 Å². The Kier molecular flexibility index (Phi) is 4.03. The summed E-state index contributed by atoms with van der Waals surface area (Å²) in [6, 6.07) is 14.7. The highest BCUT2D eigenvalue weighted by Gasteiger charge is 2.32. The Hall–Kier alpha value is -2.34. The molecule has 3 aromatic carbocycles. The van der Waals surface area contributed by atoms with Gasteiger partial charge < -0.3 is 5.32 Å². The number of fused-ring (bicyclic) bond motifs is 3. The SMILES string of the molecule is O=C1CC(c2ccc(C(F)(F)F)cc2)c2cc(Br)c3ccccc3c2N1. The number of carbonyl (C=O) groups excluding carboxylic acids is 1. The van der Waals surface area contributed by atoms with Gasteiger partial charge in [-0.25, -0.2) is 0 Å². The summed E-state index contributed by atoms with van der Waals surface area (Å²) in [6.07, 6.45) is -4.18. The molecular weight excluding hydrogens is 407 g/mol. The van der Waals surface area contributed by atoms with Crippen molar-refractivity contribution in [3.63, 3.8) is 0 Å². The van der Waals surface area contributed by atoms with E-state index in [4.69, 9.17) is 0 Å². The van der Waals surface area contributed by atoms with E-state index < -0.39 is 11.7 Å². The third-order valence-electron chi connectivity index (χ3n) is 4.69. The van der Waals surface area contributed by atoms with Crippen LogP contribution < -0.4 is 5.32 Å². The second kappa shape index (κ2) is 6.13. The fraction of sp³-hybridized carbons (Fsp3) is 0.150. The molecular formula is C20H13BrF3NO. The van der Waals surface area contributed by atoms with E-state index in [9.17, 15) is 18.0 Å². The van der Waals surface area contributed by atoms with Crippen LogP contribution in [-0.4, -0.2) is 5.91 Å². The molecule has 1 aliphatic heterocycles. The molecule has 0 spiro atoms. The lowest BCUT2D eigenvalue weighted by Crippen LogP contribution is -2.24. The number of hydrogen-bond donors (Lipinski definition) is 1. The van der Waals surface area contributed by atoms with Crippen molar-refractivity contribution in [1.29, 1.82) is 0 Å². The third-order valence-corrected chi connectivity index (χ3v) is 5.35. The van der Waals surface area contributed by atoms with E-state index in [-0.39, 0.29) is 18.2 Å². The van der Waals surface area contributed by atoms with Gasteiger partial charge in [0.05, 0.1) is 11.3 Å². The number of alkyl halides is 3. The number of halogens is 4. The molecule has 1 unspecified atom stereocenters. The van der Waals surface area contributed by atoms with Gasteiger partial charge in [0.15, 0.2) is 0 Å². The fourth-order valence-electron chi connectivity index (χ4n) is 3.45. The van der Waals surface area contributed by atoms with Crippen molar-refractivity contribution in [1.82, 2.24) is 0 Å². The van der Waals surface area contributed by atoms with Crippen LogP contribution in [0.1, 0.15) is 29.0 Å². The van der Waals surface area contributed by atoms with Crippen LogP contribution in [0, 0.1) is 0 Å². The van der Waals surface area contributed by atoms with Crippen LogP contribution in [-0.2, 0) is 11.0 Å². The summed E-state index contributed by atoms with van der Waals surface area (Å²) in [4.78, 5) is 12.3. The lowest BCUT2D eigenvalue weighted by molar-refractivity contribution is -0.137. The lowest BCUT2D eigenvalue weighted by Gasteiger charge is -2.28. The summed E-state index contributed by atoms with van der Waals surface area (Å²) >= 11 is 3.57. The number of amides is 1. The molecule has 0 aliphatic carbocycles. The van der Waals surface area contributed by atoms with Gasteiger partial charge in [-0.1, -0.05) is 52.3 Å². The van der Waals surface area contributed by atoms with Crippen molar-refractivity contribution in [3.8, 4) is 0 Å². The van der Waals surface area contributed by atoms with Gasteiger partial charge in [-0.15, -0.1) is 0 Å². The standard InChI is InChI=1S/C20H13BrF3NO/c21-17-9-16-15(11-5-7-12(8-6-11)20(22,23)24)10-18(26)25-19(16)14-4-2-1-3-13(14)17/h1-9,15H,10H2,(H,25,26). The smallest absolute Gasteiger partial charge is 0.325 e. The predicted octanol–water partition coefficient (Wildman–Crippen LogP) is 6.10. The lowest BCUT2D eigenvalue weighted by atomic mass is 9.83. The molecule has 1 heterocycles. The van der Waals surface area contributed by atoms with Crippen molar-refractivity contribution < 1.29 is 18.0 Å².